The molecule has 0 aromatic heterocycles. The third-order valence-corrected chi connectivity index (χ3v) is 4.32. The number of benzene rings is 1. The number of carbonyl (C=O) groups excluding carboxylic acids is 1. The Bertz CT molecular complexity index is 559. The largest absolute Gasteiger partial charge is 0.442 e. The second kappa shape index (κ2) is 6.39. The van der Waals surface area contributed by atoms with Crippen LogP contribution in [0, 0.1) is 0 Å². The number of thiocarbonyl (C=S) groups is 1. The van der Waals surface area contributed by atoms with E-state index in [1.54, 1.807) is 11.9 Å². The molecule has 1 amide bonds. The SMILES string of the molecule is CNC(=S)NC[C@H]1CN(c2ccc(N3CCC3)cc2)C(=O)O1. The van der Waals surface area contributed by atoms with Crippen LogP contribution in [0.15, 0.2) is 24.3 Å². The number of hydrogen-bond acceptors (Lipinski definition) is 4. The zero-order chi connectivity index (χ0) is 15.5. The van der Waals surface area contributed by atoms with Crippen LogP contribution in [0.25, 0.3) is 0 Å². The molecule has 22 heavy (non-hydrogen) atoms. The van der Waals surface area contributed by atoms with E-state index in [-0.39, 0.29) is 12.2 Å². The van der Waals surface area contributed by atoms with Gasteiger partial charge in [-0.3, -0.25) is 4.90 Å². The maximum atomic E-state index is 12.0. The first-order valence-electron chi connectivity index (χ1n) is 7.46. The van der Waals surface area contributed by atoms with Gasteiger partial charge in [0.15, 0.2) is 5.11 Å². The second-order valence-corrected chi connectivity index (χ2v) is 5.84. The zero-order valence-electron chi connectivity index (χ0n) is 12.5. The van der Waals surface area contributed by atoms with E-state index >= 15 is 0 Å². The van der Waals surface area contributed by atoms with E-state index < -0.39 is 0 Å². The minimum atomic E-state index is -0.307. The molecule has 0 aliphatic carbocycles. The zero-order valence-corrected chi connectivity index (χ0v) is 13.4. The fourth-order valence-electron chi connectivity index (χ4n) is 2.55. The molecule has 3 rings (SSSR count). The quantitative estimate of drug-likeness (QED) is 0.816. The van der Waals surface area contributed by atoms with E-state index in [4.69, 9.17) is 17.0 Å². The predicted octanol–water partition coefficient (Wildman–Crippen LogP) is 1.32. The molecule has 1 aromatic carbocycles. The molecular formula is C15H20N4O2S. The van der Waals surface area contributed by atoms with E-state index in [1.165, 1.54) is 12.1 Å². The monoisotopic (exact) mass is 320 g/mol. The molecule has 118 valence electrons. The topological polar surface area (TPSA) is 56.8 Å². The van der Waals surface area contributed by atoms with Gasteiger partial charge in [0.1, 0.15) is 6.10 Å². The minimum Gasteiger partial charge on any atom is -0.442 e. The number of ether oxygens (including phenoxy) is 1. The summed E-state index contributed by atoms with van der Waals surface area (Å²) in [5, 5.41) is 6.40. The summed E-state index contributed by atoms with van der Waals surface area (Å²) in [7, 11) is 1.75. The molecule has 0 spiro atoms. The fraction of sp³-hybridized carbons (Fsp3) is 0.467. The van der Waals surface area contributed by atoms with Gasteiger partial charge in [0.2, 0.25) is 0 Å². The van der Waals surface area contributed by atoms with Crippen molar-refractivity contribution in [3.8, 4) is 0 Å². The van der Waals surface area contributed by atoms with Crippen LogP contribution in [-0.4, -0.2) is 50.5 Å². The summed E-state index contributed by atoms with van der Waals surface area (Å²) in [5.41, 5.74) is 2.08. The lowest BCUT2D eigenvalue weighted by Crippen LogP contribution is -2.39. The Hall–Kier alpha value is -2.02. The first kappa shape index (κ1) is 14.9. The molecule has 2 saturated heterocycles. The van der Waals surface area contributed by atoms with Gasteiger partial charge >= 0.3 is 6.09 Å². The number of amides is 1. The maximum absolute atomic E-state index is 12.0. The molecule has 0 radical (unpaired) electrons. The van der Waals surface area contributed by atoms with Crippen LogP contribution in [0.5, 0.6) is 0 Å². The molecule has 2 heterocycles. The molecule has 0 bridgehead atoms. The number of nitrogens with one attached hydrogen (secondary N) is 2. The summed E-state index contributed by atoms with van der Waals surface area (Å²) >= 11 is 5.02. The minimum absolute atomic E-state index is 0.200. The van der Waals surface area contributed by atoms with Crippen molar-refractivity contribution in [2.24, 2.45) is 0 Å². The Morgan fingerprint density at radius 3 is 2.59 bits per heavy atom. The molecule has 7 heteroatoms. The predicted molar refractivity (Wildman–Crippen MR) is 90.5 cm³/mol. The first-order valence-corrected chi connectivity index (χ1v) is 7.87. The van der Waals surface area contributed by atoms with Crippen LogP contribution >= 0.6 is 12.2 Å². The third kappa shape index (κ3) is 3.09. The summed E-state index contributed by atoms with van der Waals surface area (Å²) in [6.45, 7) is 3.27. The Balaban J connectivity index is 1.59. The maximum Gasteiger partial charge on any atom is 0.414 e. The molecule has 2 aliphatic rings. The van der Waals surface area contributed by atoms with Crippen molar-refractivity contribution in [1.29, 1.82) is 0 Å². The van der Waals surface area contributed by atoms with Crippen molar-refractivity contribution in [3.63, 3.8) is 0 Å². The van der Waals surface area contributed by atoms with Crippen LogP contribution in [-0.2, 0) is 4.74 Å². The Labute approximate surface area is 135 Å². The van der Waals surface area contributed by atoms with Gasteiger partial charge in [-0.25, -0.2) is 4.79 Å². The number of cyclic esters (lactones) is 1. The lowest BCUT2D eigenvalue weighted by Gasteiger charge is -2.33. The summed E-state index contributed by atoms with van der Waals surface area (Å²) in [6, 6.07) is 8.07. The smallest absolute Gasteiger partial charge is 0.414 e. The number of rotatable bonds is 4. The van der Waals surface area contributed by atoms with Gasteiger partial charge in [-0.05, 0) is 42.9 Å². The van der Waals surface area contributed by atoms with E-state index in [0.717, 1.165) is 18.8 Å². The second-order valence-electron chi connectivity index (χ2n) is 5.43. The highest BCUT2D eigenvalue weighted by molar-refractivity contribution is 7.80. The van der Waals surface area contributed by atoms with Crippen LogP contribution in [0.4, 0.5) is 16.2 Å². The van der Waals surface area contributed by atoms with Crippen molar-refractivity contribution in [2.75, 3.05) is 43.0 Å². The standard InChI is InChI=1S/C15H20N4O2S/c1-16-14(22)17-9-13-10-19(15(20)21-13)12-5-3-11(4-6-12)18-7-2-8-18/h3-6,13H,2,7-10H2,1H3,(H2,16,17,22)/t13-/m0/s1. The molecule has 2 aliphatic heterocycles. The van der Waals surface area contributed by atoms with Crippen molar-refractivity contribution in [3.05, 3.63) is 24.3 Å². The van der Waals surface area contributed by atoms with Crippen molar-refractivity contribution >= 4 is 34.8 Å². The Morgan fingerprint density at radius 1 is 1.32 bits per heavy atom. The summed E-state index contributed by atoms with van der Waals surface area (Å²) in [5.74, 6) is 0. The van der Waals surface area contributed by atoms with Gasteiger partial charge in [-0.15, -0.1) is 0 Å². The number of hydrogen-bond donors (Lipinski definition) is 2. The van der Waals surface area contributed by atoms with Gasteiger partial charge in [-0.2, -0.15) is 0 Å². The van der Waals surface area contributed by atoms with E-state index in [0.29, 0.717) is 18.2 Å². The van der Waals surface area contributed by atoms with E-state index in [1.807, 2.05) is 12.1 Å². The van der Waals surface area contributed by atoms with Gasteiger partial charge in [0, 0.05) is 31.5 Å². The van der Waals surface area contributed by atoms with Gasteiger partial charge in [0.05, 0.1) is 13.1 Å². The summed E-state index contributed by atoms with van der Waals surface area (Å²) in [4.78, 5) is 16.0. The van der Waals surface area contributed by atoms with Crippen molar-refractivity contribution in [1.82, 2.24) is 10.6 Å². The lowest BCUT2D eigenvalue weighted by atomic mass is 10.1. The first-order chi connectivity index (χ1) is 10.7. The van der Waals surface area contributed by atoms with Crippen molar-refractivity contribution < 1.29 is 9.53 Å². The average Bonchev–Trinajstić information content (AvgIpc) is 2.85. The molecule has 2 N–H and O–H groups in total. The molecular weight excluding hydrogens is 300 g/mol. The number of nitrogens with zero attached hydrogens (tertiary/aromatic N) is 2. The van der Waals surface area contributed by atoms with Crippen LogP contribution in [0.2, 0.25) is 0 Å². The lowest BCUT2D eigenvalue weighted by molar-refractivity contribution is 0.143. The highest BCUT2D eigenvalue weighted by Crippen LogP contribution is 2.26. The molecule has 0 unspecified atom stereocenters. The third-order valence-electron chi connectivity index (χ3n) is 3.97. The summed E-state index contributed by atoms with van der Waals surface area (Å²) < 4.78 is 5.36. The van der Waals surface area contributed by atoms with E-state index in [2.05, 4.69) is 27.7 Å². The van der Waals surface area contributed by atoms with Crippen LogP contribution in [0.3, 0.4) is 0 Å². The highest BCUT2D eigenvalue weighted by atomic mass is 32.1. The van der Waals surface area contributed by atoms with Gasteiger partial charge < -0.3 is 20.3 Å². The van der Waals surface area contributed by atoms with Crippen molar-refractivity contribution in [2.45, 2.75) is 12.5 Å². The van der Waals surface area contributed by atoms with Gasteiger partial charge in [-0.1, -0.05) is 0 Å². The molecule has 6 nitrogen and oxygen atoms in total. The number of anilines is 2. The Morgan fingerprint density at radius 2 is 2.00 bits per heavy atom. The molecule has 1 aromatic rings. The molecule has 1 atom stereocenters. The Kier molecular flexibility index (Phi) is 4.33. The number of carbonyl (C=O) groups is 1. The molecule has 0 saturated carbocycles. The fourth-order valence-corrected chi connectivity index (χ4v) is 2.63. The van der Waals surface area contributed by atoms with Gasteiger partial charge in [0.25, 0.3) is 0 Å². The van der Waals surface area contributed by atoms with Crippen LogP contribution < -0.4 is 20.4 Å². The summed E-state index contributed by atoms with van der Waals surface area (Å²) in [6.07, 6.45) is 0.747. The normalized spacial score (nSPS) is 20.4. The van der Waals surface area contributed by atoms with Crippen LogP contribution in [0.1, 0.15) is 6.42 Å². The highest BCUT2D eigenvalue weighted by Gasteiger charge is 2.32. The van der Waals surface area contributed by atoms with E-state index in [9.17, 15) is 4.79 Å². The molecule has 2 fully saturated rings. The average molecular weight is 320 g/mol.